The number of halogens is 4. The van der Waals surface area contributed by atoms with E-state index in [0.717, 1.165) is 6.08 Å². The molecule has 23 heavy (non-hydrogen) atoms. The molecule has 0 aliphatic heterocycles. The zero-order valence-electron chi connectivity index (χ0n) is 11.8. The smallest absolute Gasteiger partial charge is 0.340 e. The summed E-state index contributed by atoms with van der Waals surface area (Å²) in [6.07, 6.45) is 3.61. The molecule has 0 saturated carbocycles. The standard InChI is InChI=1S/C17H12F4O2/c18-16(19)8-7-10-5-6-11(9-14(22)23)12-3-1-2-4-13(12)15(10)17(16,20)21/h1-8,11H,9H2,(H,22,23). The van der Waals surface area contributed by atoms with Gasteiger partial charge in [0, 0.05) is 11.5 Å². The molecule has 0 amide bonds. The second-order valence-electron chi connectivity index (χ2n) is 5.51. The fourth-order valence-corrected chi connectivity index (χ4v) is 2.93. The Morgan fingerprint density at radius 3 is 2.52 bits per heavy atom. The predicted octanol–water partition coefficient (Wildman–Crippen LogP) is 4.41. The highest BCUT2D eigenvalue weighted by Crippen LogP contribution is 2.52. The van der Waals surface area contributed by atoms with Crippen molar-refractivity contribution in [1.29, 1.82) is 0 Å². The zero-order chi connectivity index (χ0) is 16.8. The molecule has 0 aromatic heterocycles. The van der Waals surface area contributed by atoms with Crippen LogP contribution in [0.1, 0.15) is 23.5 Å². The molecule has 2 nitrogen and oxygen atoms in total. The summed E-state index contributed by atoms with van der Waals surface area (Å²) in [4.78, 5) is 11.0. The molecule has 2 aliphatic rings. The maximum atomic E-state index is 14.4. The Balaban J connectivity index is 2.24. The number of rotatable bonds is 2. The minimum atomic E-state index is -4.37. The van der Waals surface area contributed by atoms with E-state index in [1.165, 1.54) is 30.4 Å². The van der Waals surface area contributed by atoms with Crippen molar-refractivity contribution >= 4 is 11.5 Å². The van der Waals surface area contributed by atoms with Gasteiger partial charge in [-0.1, -0.05) is 42.5 Å². The molecular formula is C17H12F4O2. The summed E-state index contributed by atoms with van der Waals surface area (Å²) in [7, 11) is 0. The Bertz CT molecular complexity index is 760. The average molecular weight is 324 g/mol. The third-order valence-electron chi connectivity index (χ3n) is 4.03. The summed E-state index contributed by atoms with van der Waals surface area (Å²) in [6.45, 7) is 0. The quantitative estimate of drug-likeness (QED) is 0.818. The minimum Gasteiger partial charge on any atom is -0.481 e. The lowest BCUT2D eigenvalue weighted by molar-refractivity contribution is -0.140. The Morgan fingerprint density at radius 2 is 1.83 bits per heavy atom. The van der Waals surface area contributed by atoms with Crippen LogP contribution in [-0.2, 0) is 4.79 Å². The largest absolute Gasteiger partial charge is 0.481 e. The minimum absolute atomic E-state index is 0.0266. The number of hydrogen-bond donors (Lipinski definition) is 1. The van der Waals surface area contributed by atoms with E-state index < -0.39 is 29.3 Å². The van der Waals surface area contributed by atoms with Crippen molar-refractivity contribution < 1.29 is 27.5 Å². The van der Waals surface area contributed by atoms with Gasteiger partial charge in [0.15, 0.2) is 0 Å². The van der Waals surface area contributed by atoms with Crippen LogP contribution in [0, 0.1) is 0 Å². The van der Waals surface area contributed by atoms with Crippen LogP contribution in [0.3, 0.4) is 0 Å². The Morgan fingerprint density at radius 1 is 1.13 bits per heavy atom. The van der Waals surface area contributed by atoms with E-state index in [1.807, 2.05) is 0 Å². The predicted molar refractivity (Wildman–Crippen MR) is 76.5 cm³/mol. The molecule has 6 heteroatoms. The molecule has 2 aliphatic carbocycles. The number of fused-ring (bicyclic) bond motifs is 2. The molecule has 0 bridgehead atoms. The van der Waals surface area contributed by atoms with Crippen molar-refractivity contribution in [3.05, 3.63) is 65.3 Å². The maximum Gasteiger partial charge on any atom is 0.340 e. The molecular weight excluding hydrogens is 312 g/mol. The van der Waals surface area contributed by atoms with Gasteiger partial charge in [0.05, 0.1) is 6.42 Å². The van der Waals surface area contributed by atoms with E-state index in [1.54, 1.807) is 6.07 Å². The van der Waals surface area contributed by atoms with Crippen LogP contribution in [0.25, 0.3) is 5.57 Å². The van der Waals surface area contributed by atoms with Gasteiger partial charge >= 0.3 is 17.8 Å². The van der Waals surface area contributed by atoms with E-state index in [2.05, 4.69) is 0 Å². The highest BCUT2D eigenvalue weighted by Gasteiger charge is 2.59. The van der Waals surface area contributed by atoms with Gasteiger partial charge in [0.25, 0.3) is 0 Å². The van der Waals surface area contributed by atoms with Crippen molar-refractivity contribution in [3.63, 3.8) is 0 Å². The summed E-state index contributed by atoms with van der Waals surface area (Å²) < 4.78 is 56.1. The van der Waals surface area contributed by atoms with E-state index in [-0.39, 0.29) is 23.6 Å². The van der Waals surface area contributed by atoms with Gasteiger partial charge in [-0.3, -0.25) is 4.79 Å². The lowest BCUT2D eigenvalue weighted by Gasteiger charge is -2.31. The van der Waals surface area contributed by atoms with Crippen LogP contribution in [-0.4, -0.2) is 22.9 Å². The number of carbonyl (C=O) groups is 1. The van der Waals surface area contributed by atoms with Gasteiger partial charge in [-0.15, -0.1) is 0 Å². The summed E-state index contributed by atoms with van der Waals surface area (Å²) in [5.41, 5.74) is -0.513. The number of hydrogen-bond acceptors (Lipinski definition) is 1. The van der Waals surface area contributed by atoms with Gasteiger partial charge < -0.3 is 5.11 Å². The van der Waals surface area contributed by atoms with Gasteiger partial charge in [0.1, 0.15) is 0 Å². The summed E-state index contributed by atoms with van der Waals surface area (Å²) in [5, 5.41) is 9.00. The highest BCUT2D eigenvalue weighted by molar-refractivity contribution is 5.84. The van der Waals surface area contributed by atoms with E-state index in [4.69, 9.17) is 5.11 Å². The van der Waals surface area contributed by atoms with Crippen molar-refractivity contribution in [3.8, 4) is 0 Å². The molecule has 1 N–H and O–H groups in total. The van der Waals surface area contributed by atoms with Gasteiger partial charge in [-0.2, -0.15) is 17.6 Å². The molecule has 1 aromatic rings. The molecule has 1 aromatic carbocycles. The van der Waals surface area contributed by atoms with Crippen LogP contribution in [0.5, 0.6) is 0 Å². The number of aliphatic carboxylic acids is 1. The van der Waals surface area contributed by atoms with E-state index in [0.29, 0.717) is 5.56 Å². The first-order chi connectivity index (χ1) is 10.7. The topological polar surface area (TPSA) is 37.3 Å². The van der Waals surface area contributed by atoms with Crippen LogP contribution in [0.4, 0.5) is 17.6 Å². The van der Waals surface area contributed by atoms with Gasteiger partial charge in [0.2, 0.25) is 0 Å². The molecule has 0 saturated heterocycles. The van der Waals surface area contributed by atoms with E-state index in [9.17, 15) is 22.4 Å². The third-order valence-corrected chi connectivity index (χ3v) is 4.03. The van der Waals surface area contributed by atoms with Crippen LogP contribution in [0.2, 0.25) is 0 Å². The van der Waals surface area contributed by atoms with Crippen molar-refractivity contribution in [1.82, 2.24) is 0 Å². The fourth-order valence-electron chi connectivity index (χ4n) is 2.93. The van der Waals surface area contributed by atoms with Crippen LogP contribution in [0.15, 0.2) is 54.1 Å². The number of carboxylic acids is 1. The first kappa shape index (κ1) is 15.5. The maximum absolute atomic E-state index is 14.4. The Labute approximate surface area is 129 Å². The lowest BCUT2D eigenvalue weighted by Crippen LogP contribution is -2.42. The molecule has 3 rings (SSSR count). The fraction of sp³-hybridized carbons (Fsp3) is 0.235. The number of allylic oxidation sites excluding steroid dienone is 6. The summed E-state index contributed by atoms with van der Waals surface area (Å²) >= 11 is 0. The number of carboxylic acid groups (broad SMARTS) is 1. The summed E-state index contributed by atoms with van der Waals surface area (Å²) in [6, 6.07) is 5.87. The molecule has 0 heterocycles. The second kappa shape index (κ2) is 5.08. The monoisotopic (exact) mass is 324 g/mol. The first-order valence-corrected chi connectivity index (χ1v) is 6.93. The number of alkyl halides is 4. The van der Waals surface area contributed by atoms with Gasteiger partial charge in [-0.05, 0) is 22.8 Å². The lowest BCUT2D eigenvalue weighted by atomic mass is 9.83. The second-order valence-corrected chi connectivity index (χ2v) is 5.51. The Hall–Kier alpha value is -2.37. The average Bonchev–Trinajstić information content (AvgIpc) is 2.61. The van der Waals surface area contributed by atoms with Gasteiger partial charge in [-0.25, -0.2) is 0 Å². The van der Waals surface area contributed by atoms with Crippen molar-refractivity contribution in [2.45, 2.75) is 24.2 Å². The summed E-state index contributed by atoms with van der Waals surface area (Å²) in [5.74, 6) is -10.4. The van der Waals surface area contributed by atoms with E-state index >= 15 is 0 Å². The highest BCUT2D eigenvalue weighted by atomic mass is 19.3. The van der Waals surface area contributed by atoms with Crippen molar-refractivity contribution in [2.75, 3.05) is 0 Å². The molecule has 120 valence electrons. The zero-order valence-corrected chi connectivity index (χ0v) is 11.8. The molecule has 1 atom stereocenters. The van der Waals surface area contributed by atoms with Crippen molar-refractivity contribution in [2.24, 2.45) is 0 Å². The van der Waals surface area contributed by atoms with Crippen LogP contribution < -0.4 is 0 Å². The first-order valence-electron chi connectivity index (χ1n) is 6.93. The number of benzene rings is 1. The Kier molecular flexibility index (Phi) is 3.43. The third kappa shape index (κ3) is 2.38. The molecule has 0 spiro atoms. The normalized spacial score (nSPS) is 23.9. The van der Waals surface area contributed by atoms with Crippen LogP contribution >= 0.6 is 0 Å². The SMILES string of the molecule is O=C(O)CC1C=CC2=C(c3ccccc31)C(F)(F)C(F)(F)C=C2. The molecule has 0 fully saturated rings. The molecule has 1 unspecified atom stereocenters. The molecule has 0 radical (unpaired) electrons.